The van der Waals surface area contributed by atoms with Gasteiger partial charge in [0.25, 0.3) is 0 Å². The predicted octanol–water partition coefficient (Wildman–Crippen LogP) is 9.97. The molecule has 0 aromatic heterocycles. The Morgan fingerprint density at radius 3 is 1.07 bits per heavy atom. The lowest BCUT2D eigenvalue weighted by Gasteiger charge is -2.19. The predicted molar refractivity (Wildman–Crippen MR) is 193 cm³/mol. The molecule has 4 nitrogen and oxygen atoms in total. The molecule has 238 valence electrons. The van der Waals surface area contributed by atoms with Gasteiger partial charge in [-0.25, -0.2) is 0 Å². The molecule has 0 radical (unpaired) electrons. The molecule has 2 atom stereocenters. The summed E-state index contributed by atoms with van der Waals surface area (Å²) in [5.74, 6) is 1.61. The van der Waals surface area contributed by atoms with Crippen LogP contribution in [0.4, 0.5) is 0 Å². The van der Waals surface area contributed by atoms with Gasteiger partial charge in [0.05, 0.1) is 14.2 Å². The van der Waals surface area contributed by atoms with Crippen molar-refractivity contribution in [3.8, 4) is 11.5 Å². The van der Waals surface area contributed by atoms with Gasteiger partial charge in [-0.3, -0.25) is 0 Å². The zero-order chi connectivity index (χ0) is 33.3. The highest BCUT2D eigenvalue weighted by Crippen LogP contribution is 2.29. The largest absolute Gasteiger partial charge is 0.497 e. The van der Waals surface area contributed by atoms with Crippen molar-refractivity contribution in [2.24, 2.45) is 0 Å². The van der Waals surface area contributed by atoms with E-state index in [1.165, 1.54) is 27.8 Å². The van der Waals surface area contributed by atoms with Gasteiger partial charge >= 0.3 is 0 Å². The number of hydrogen-bond donors (Lipinski definition) is 2. The number of methoxy groups -OCH3 is 2. The molecule has 46 heavy (non-hydrogen) atoms. The molecule has 0 amide bonds. The van der Waals surface area contributed by atoms with Gasteiger partial charge in [-0.2, -0.15) is 0 Å². The fourth-order valence-corrected chi connectivity index (χ4v) is 4.38. The van der Waals surface area contributed by atoms with E-state index in [4.69, 9.17) is 9.47 Å². The second kappa shape index (κ2) is 18.8. The highest BCUT2D eigenvalue weighted by atomic mass is 16.5. The van der Waals surface area contributed by atoms with Crippen LogP contribution in [0.15, 0.2) is 127 Å². The summed E-state index contributed by atoms with van der Waals surface area (Å²) in [7, 11) is 3.27. The lowest BCUT2D eigenvalue weighted by atomic mass is 9.98. The molecule has 5 aromatic rings. The van der Waals surface area contributed by atoms with Crippen molar-refractivity contribution < 1.29 is 19.7 Å². The Morgan fingerprint density at radius 2 is 0.717 bits per heavy atom. The first-order valence-electron chi connectivity index (χ1n) is 15.4. The number of benzene rings is 5. The third-order valence-electron chi connectivity index (χ3n) is 7.27. The van der Waals surface area contributed by atoms with Gasteiger partial charge in [-0.05, 0) is 79.8 Å². The molecule has 0 aliphatic rings. The Labute approximate surface area is 274 Å². The van der Waals surface area contributed by atoms with Crippen LogP contribution in [-0.2, 0) is 0 Å². The van der Waals surface area contributed by atoms with E-state index in [0.29, 0.717) is 11.1 Å². The summed E-state index contributed by atoms with van der Waals surface area (Å²) < 4.78 is 10.2. The van der Waals surface area contributed by atoms with E-state index in [-0.39, 0.29) is 0 Å². The second-order valence-corrected chi connectivity index (χ2v) is 11.0. The van der Waals surface area contributed by atoms with E-state index in [1.54, 1.807) is 38.5 Å². The topological polar surface area (TPSA) is 58.9 Å². The summed E-state index contributed by atoms with van der Waals surface area (Å²) >= 11 is 0. The van der Waals surface area contributed by atoms with Crippen LogP contribution in [0.3, 0.4) is 0 Å². The lowest BCUT2D eigenvalue weighted by Crippen LogP contribution is -2.10. The van der Waals surface area contributed by atoms with Crippen LogP contribution in [0, 0.1) is 20.8 Å². The smallest absolute Gasteiger partial charge is 0.118 e. The fraction of sp³-hybridized carbons (Fsp3) is 0.190. The lowest BCUT2D eigenvalue weighted by molar-refractivity contribution is 0.0172. The minimum absolute atomic E-state index is 0.661. The van der Waals surface area contributed by atoms with Gasteiger partial charge < -0.3 is 19.7 Å². The molecule has 0 fully saturated rings. The molecule has 0 spiro atoms. The van der Waals surface area contributed by atoms with Crippen LogP contribution in [0.25, 0.3) is 18.2 Å². The summed E-state index contributed by atoms with van der Waals surface area (Å²) in [6.45, 7) is 8.20. The zero-order valence-corrected chi connectivity index (χ0v) is 27.7. The third kappa shape index (κ3) is 11.9. The summed E-state index contributed by atoms with van der Waals surface area (Å²) in [6.07, 6.45) is 6.47. The van der Waals surface area contributed by atoms with E-state index in [2.05, 4.69) is 80.6 Å². The minimum atomic E-state index is -0.950. The molecule has 5 rings (SSSR count). The maximum Gasteiger partial charge on any atom is 0.118 e. The molecule has 0 saturated heterocycles. The zero-order valence-electron chi connectivity index (χ0n) is 27.7. The van der Waals surface area contributed by atoms with Gasteiger partial charge in [-0.15, -0.1) is 0 Å². The van der Waals surface area contributed by atoms with Gasteiger partial charge in [0.2, 0.25) is 0 Å². The number of aliphatic hydroxyl groups excluding tert-OH is 2. The summed E-state index contributed by atoms with van der Waals surface area (Å²) in [6, 6.07) is 39.5. The maximum atomic E-state index is 10.2. The molecule has 0 heterocycles. The van der Waals surface area contributed by atoms with Crippen LogP contribution >= 0.6 is 0 Å². The summed E-state index contributed by atoms with van der Waals surface area (Å²) in [5, 5.41) is 20.4. The van der Waals surface area contributed by atoms with Crippen LogP contribution in [0.2, 0.25) is 0 Å². The first-order chi connectivity index (χ1) is 22.2. The third-order valence-corrected chi connectivity index (χ3v) is 7.27. The Kier molecular flexibility index (Phi) is 14.5. The molecule has 5 aromatic carbocycles. The van der Waals surface area contributed by atoms with Crippen molar-refractivity contribution in [1.82, 2.24) is 0 Å². The van der Waals surface area contributed by atoms with Crippen LogP contribution in [-0.4, -0.2) is 24.4 Å². The van der Waals surface area contributed by atoms with E-state index >= 15 is 0 Å². The normalized spacial score (nSPS) is 12.0. The number of ether oxygens (including phenoxy) is 2. The van der Waals surface area contributed by atoms with E-state index in [1.807, 2.05) is 68.5 Å². The van der Waals surface area contributed by atoms with Crippen molar-refractivity contribution in [3.05, 3.63) is 172 Å². The Bertz CT molecular complexity index is 1620. The number of aryl methyl sites for hydroxylation is 3. The molecular formula is C42H46O4. The quantitative estimate of drug-likeness (QED) is 0.171. The average molecular weight is 615 g/mol. The number of aliphatic hydroxyl groups is 2. The molecule has 0 bridgehead atoms. The van der Waals surface area contributed by atoms with Gasteiger partial charge in [0, 0.05) is 0 Å². The molecular weight excluding hydrogens is 568 g/mol. The van der Waals surface area contributed by atoms with Gasteiger partial charge in [-0.1, -0.05) is 138 Å². The van der Waals surface area contributed by atoms with Crippen molar-refractivity contribution in [2.75, 3.05) is 14.2 Å². The number of hydrogen-bond acceptors (Lipinski definition) is 4. The van der Waals surface area contributed by atoms with E-state index in [0.717, 1.165) is 17.1 Å². The maximum absolute atomic E-state index is 10.2. The first kappa shape index (κ1) is 35.6. The van der Waals surface area contributed by atoms with E-state index in [9.17, 15) is 10.2 Å². The van der Waals surface area contributed by atoms with Crippen molar-refractivity contribution >= 4 is 18.2 Å². The van der Waals surface area contributed by atoms with Crippen molar-refractivity contribution in [1.29, 1.82) is 0 Å². The second-order valence-electron chi connectivity index (χ2n) is 11.0. The highest BCUT2D eigenvalue weighted by molar-refractivity contribution is 5.69. The van der Waals surface area contributed by atoms with Crippen LogP contribution in [0.5, 0.6) is 11.5 Å². The summed E-state index contributed by atoms with van der Waals surface area (Å²) in [5.41, 5.74) is 8.74. The van der Waals surface area contributed by atoms with Gasteiger partial charge in [0.15, 0.2) is 0 Å². The van der Waals surface area contributed by atoms with Crippen LogP contribution in [0.1, 0.15) is 63.6 Å². The van der Waals surface area contributed by atoms with Crippen LogP contribution < -0.4 is 9.47 Å². The number of rotatable bonds is 8. The van der Waals surface area contributed by atoms with E-state index < -0.39 is 12.2 Å². The van der Waals surface area contributed by atoms with Crippen molar-refractivity contribution in [2.45, 2.75) is 39.9 Å². The SMILES string of the molecule is C/C=C/c1ccc(C)cc1.COc1ccc(/C=C/c2ccc(C)cc2)cc1.COc1ccc(C(O)C(O)c2ccc(C)cc2)cc1. The Hall–Kier alpha value is -4.90. The molecule has 0 aliphatic carbocycles. The molecule has 0 saturated carbocycles. The standard InChI is InChI=1S/C16H18O3.C16H16O.C10H12/c1-11-3-5-12(6-4-11)15(17)16(18)13-7-9-14(19-2)10-8-13;1-13-3-5-14(6-4-13)7-8-15-9-11-16(17-2)12-10-15;1-3-4-10-7-5-9(2)6-8-10/h3-10,15-18H,1-2H3;3-12H,1-2H3;3-8H,1-2H3/b;8-7+;4-3+. The first-order valence-corrected chi connectivity index (χ1v) is 15.4. The molecule has 0 aliphatic heterocycles. The Balaban J connectivity index is 0.000000197. The van der Waals surface area contributed by atoms with Crippen molar-refractivity contribution in [3.63, 3.8) is 0 Å². The molecule has 2 unspecified atom stereocenters. The average Bonchev–Trinajstić information content (AvgIpc) is 3.10. The summed E-state index contributed by atoms with van der Waals surface area (Å²) in [4.78, 5) is 0. The molecule has 4 heteroatoms. The van der Waals surface area contributed by atoms with Gasteiger partial charge in [0.1, 0.15) is 23.7 Å². The fourth-order valence-electron chi connectivity index (χ4n) is 4.38. The number of allylic oxidation sites excluding steroid dienone is 1. The monoisotopic (exact) mass is 614 g/mol. The Morgan fingerprint density at radius 1 is 0.435 bits per heavy atom. The minimum Gasteiger partial charge on any atom is -0.497 e. The highest BCUT2D eigenvalue weighted by Gasteiger charge is 2.20. The molecule has 2 N–H and O–H groups in total.